The quantitative estimate of drug-likeness (QED) is 0.747. The molecule has 0 aliphatic rings. The second-order valence-corrected chi connectivity index (χ2v) is 5.33. The molecule has 122 valence electrons. The van der Waals surface area contributed by atoms with Gasteiger partial charge in [-0.3, -0.25) is 10.1 Å². The van der Waals surface area contributed by atoms with Crippen LogP contribution in [-0.4, -0.2) is 18.2 Å². The molecule has 0 unspecified atom stereocenters. The second kappa shape index (κ2) is 7.46. The SMILES string of the molecule is COc1ccc(CCC(=O)Nc2oncc2-c2ccccc2)cc1. The lowest BCUT2D eigenvalue weighted by Gasteiger charge is -2.05. The molecule has 0 aliphatic carbocycles. The number of nitrogens with zero attached hydrogens (tertiary/aromatic N) is 1. The standard InChI is InChI=1S/C19H18N2O3/c1-23-16-10-7-14(8-11-16)9-12-18(22)21-19-17(13-20-24-19)15-5-3-2-4-6-15/h2-8,10-11,13H,9,12H2,1H3,(H,21,22). The Hall–Kier alpha value is -3.08. The molecule has 0 saturated carbocycles. The first kappa shape index (κ1) is 15.8. The van der Waals surface area contributed by atoms with E-state index in [1.165, 1.54) is 0 Å². The molecule has 0 fully saturated rings. The van der Waals surface area contributed by atoms with E-state index in [1.807, 2.05) is 54.6 Å². The van der Waals surface area contributed by atoms with E-state index in [9.17, 15) is 4.79 Å². The Bertz CT molecular complexity index is 795. The highest BCUT2D eigenvalue weighted by molar-refractivity contribution is 5.93. The molecular weight excluding hydrogens is 304 g/mol. The Labute approximate surface area is 140 Å². The van der Waals surface area contributed by atoms with Crippen LogP contribution in [0.1, 0.15) is 12.0 Å². The minimum Gasteiger partial charge on any atom is -0.497 e. The highest BCUT2D eigenvalue weighted by Crippen LogP contribution is 2.27. The molecule has 1 N–H and O–H groups in total. The molecule has 5 heteroatoms. The van der Waals surface area contributed by atoms with E-state index in [1.54, 1.807) is 13.3 Å². The smallest absolute Gasteiger partial charge is 0.239 e. The van der Waals surface area contributed by atoms with Crippen LogP contribution in [0, 0.1) is 0 Å². The van der Waals surface area contributed by atoms with Crippen molar-refractivity contribution in [2.45, 2.75) is 12.8 Å². The van der Waals surface area contributed by atoms with Gasteiger partial charge in [-0.2, -0.15) is 0 Å². The van der Waals surface area contributed by atoms with E-state index in [4.69, 9.17) is 9.26 Å². The monoisotopic (exact) mass is 322 g/mol. The third-order valence-corrected chi connectivity index (χ3v) is 3.71. The highest BCUT2D eigenvalue weighted by atomic mass is 16.5. The number of methoxy groups -OCH3 is 1. The van der Waals surface area contributed by atoms with Crippen LogP contribution < -0.4 is 10.1 Å². The van der Waals surface area contributed by atoms with Gasteiger partial charge in [-0.15, -0.1) is 0 Å². The van der Waals surface area contributed by atoms with Crippen LogP contribution in [-0.2, 0) is 11.2 Å². The summed E-state index contributed by atoms with van der Waals surface area (Å²) >= 11 is 0. The number of amides is 1. The molecular formula is C19H18N2O3. The van der Waals surface area contributed by atoms with Gasteiger partial charge in [-0.1, -0.05) is 47.6 Å². The van der Waals surface area contributed by atoms with E-state index >= 15 is 0 Å². The maximum absolute atomic E-state index is 12.2. The van der Waals surface area contributed by atoms with Crippen molar-refractivity contribution < 1.29 is 14.1 Å². The number of ether oxygens (including phenoxy) is 1. The lowest BCUT2D eigenvalue weighted by atomic mass is 10.1. The van der Waals surface area contributed by atoms with E-state index in [0.717, 1.165) is 22.4 Å². The van der Waals surface area contributed by atoms with Crippen LogP contribution in [0.25, 0.3) is 11.1 Å². The molecule has 3 rings (SSSR count). The summed E-state index contributed by atoms with van der Waals surface area (Å²) in [5, 5.41) is 6.57. The van der Waals surface area contributed by atoms with Crippen molar-refractivity contribution >= 4 is 11.8 Å². The number of aryl methyl sites for hydroxylation is 1. The first-order valence-corrected chi connectivity index (χ1v) is 7.69. The zero-order chi connectivity index (χ0) is 16.8. The van der Waals surface area contributed by atoms with Crippen LogP contribution in [0.3, 0.4) is 0 Å². The maximum Gasteiger partial charge on any atom is 0.239 e. The maximum atomic E-state index is 12.2. The summed E-state index contributed by atoms with van der Waals surface area (Å²) in [4.78, 5) is 12.2. The van der Waals surface area contributed by atoms with Crippen LogP contribution in [0.5, 0.6) is 5.75 Å². The van der Waals surface area contributed by atoms with Gasteiger partial charge in [0, 0.05) is 6.42 Å². The predicted octanol–water partition coefficient (Wildman–Crippen LogP) is 3.92. The molecule has 2 aromatic carbocycles. The van der Waals surface area contributed by atoms with Gasteiger partial charge in [0.05, 0.1) is 18.9 Å². The summed E-state index contributed by atoms with van der Waals surface area (Å²) in [5.74, 6) is 1.07. The average Bonchev–Trinajstić information content (AvgIpc) is 3.09. The molecule has 0 atom stereocenters. The number of benzene rings is 2. The van der Waals surface area contributed by atoms with Gasteiger partial charge in [0.2, 0.25) is 11.8 Å². The summed E-state index contributed by atoms with van der Waals surface area (Å²) in [6.45, 7) is 0. The minimum atomic E-state index is -0.111. The molecule has 24 heavy (non-hydrogen) atoms. The topological polar surface area (TPSA) is 64.4 Å². The van der Waals surface area contributed by atoms with Crippen molar-refractivity contribution in [2.75, 3.05) is 12.4 Å². The first-order chi connectivity index (χ1) is 11.8. The molecule has 1 heterocycles. The largest absolute Gasteiger partial charge is 0.497 e. The Balaban J connectivity index is 1.60. The molecule has 5 nitrogen and oxygen atoms in total. The van der Waals surface area contributed by atoms with Crippen LogP contribution in [0.4, 0.5) is 5.88 Å². The fourth-order valence-electron chi connectivity index (χ4n) is 2.39. The summed E-state index contributed by atoms with van der Waals surface area (Å²) in [7, 11) is 1.63. The van der Waals surface area contributed by atoms with Gasteiger partial charge in [-0.25, -0.2) is 0 Å². The van der Waals surface area contributed by atoms with Gasteiger partial charge in [0.1, 0.15) is 5.75 Å². The Morgan fingerprint density at radius 2 is 1.88 bits per heavy atom. The van der Waals surface area contributed by atoms with E-state index in [0.29, 0.717) is 18.7 Å². The summed E-state index contributed by atoms with van der Waals surface area (Å²) < 4.78 is 10.3. The zero-order valence-electron chi connectivity index (χ0n) is 13.4. The van der Waals surface area contributed by atoms with Crippen molar-refractivity contribution in [3.63, 3.8) is 0 Å². The number of aromatic nitrogens is 1. The first-order valence-electron chi connectivity index (χ1n) is 7.69. The van der Waals surface area contributed by atoms with Crippen molar-refractivity contribution in [1.29, 1.82) is 0 Å². The molecule has 0 radical (unpaired) electrons. The number of anilines is 1. The third-order valence-electron chi connectivity index (χ3n) is 3.71. The van der Waals surface area contributed by atoms with E-state index in [2.05, 4.69) is 10.5 Å². The molecule has 3 aromatic rings. The van der Waals surface area contributed by atoms with Crippen LogP contribution in [0.2, 0.25) is 0 Å². The van der Waals surface area contributed by atoms with Crippen LogP contribution >= 0.6 is 0 Å². The Morgan fingerprint density at radius 1 is 1.12 bits per heavy atom. The summed E-state index contributed by atoms with van der Waals surface area (Å²) in [5.41, 5.74) is 2.80. The number of carbonyl (C=O) groups excluding carboxylic acids is 1. The number of hydrogen-bond acceptors (Lipinski definition) is 4. The number of nitrogens with one attached hydrogen (secondary N) is 1. The molecule has 0 spiro atoms. The third kappa shape index (κ3) is 3.81. The number of hydrogen-bond donors (Lipinski definition) is 1. The highest BCUT2D eigenvalue weighted by Gasteiger charge is 2.13. The van der Waals surface area contributed by atoms with Gasteiger partial charge < -0.3 is 9.26 Å². The minimum absolute atomic E-state index is 0.111. The van der Waals surface area contributed by atoms with Crippen molar-refractivity contribution in [3.8, 4) is 16.9 Å². The predicted molar refractivity (Wildman–Crippen MR) is 91.9 cm³/mol. The Morgan fingerprint density at radius 3 is 2.58 bits per heavy atom. The average molecular weight is 322 g/mol. The summed E-state index contributed by atoms with van der Waals surface area (Å²) in [6.07, 6.45) is 2.61. The van der Waals surface area contributed by atoms with Gasteiger partial charge in [0.25, 0.3) is 0 Å². The fraction of sp³-hybridized carbons (Fsp3) is 0.158. The fourth-order valence-corrected chi connectivity index (χ4v) is 2.39. The zero-order valence-corrected chi connectivity index (χ0v) is 13.4. The summed E-state index contributed by atoms with van der Waals surface area (Å²) in [6, 6.07) is 17.4. The molecule has 0 saturated heterocycles. The lowest BCUT2D eigenvalue weighted by Crippen LogP contribution is -2.12. The molecule has 0 aliphatic heterocycles. The van der Waals surface area contributed by atoms with Crippen molar-refractivity contribution in [3.05, 3.63) is 66.4 Å². The van der Waals surface area contributed by atoms with Gasteiger partial charge in [0.15, 0.2) is 0 Å². The van der Waals surface area contributed by atoms with Gasteiger partial charge >= 0.3 is 0 Å². The van der Waals surface area contributed by atoms with Crippen molar-refractivity contribution in [1.82, 2.24) is 5.16 Å². The normalized spacial score (nSPS) is 10.4. The Kier molecular flexibility index (Phi) is 4.91. The molecule has 1 amide bonds. The lowest BCUT2D eigenvalue weighted by molar-refractivity contribution is -0.116. The van der Waals surface area contributed by atoms with E-state index < -0.39 is 0 Å². The van der Waals surface area contributed by atoms with Crippen molar-refractivity contribution in [2.24, 2.45) is 0 Å². The van der Waals surface area contributed by atoms with Gasteiger partial charge in [-0.05, 0) is 29.7 Å². The molecule has 0 bridgehead atoms. The molecule has 1 aromatic heterocycles. The van der Waals surface area contributed by atoms with E-state index in [-0.39, 0.29) is 5.91 Å². The number of rotatable bonds is 6. The second-order valence-electron chi connectivity index (χ2n) is 5.33. The number of carbonyl (C=O) groups is 1. The van der Waals surface area contributed by atoms with Crippen LogP contribution in [0.15, 0.2) is 65.3 Å².